The van der Waals surface area contributed by atoms with Gasteiger partial charge in [0.25, 0.3) is 0 Å². The summed E-state index contributed by atoms with van der Waals surface area (Å²) in [7, 11) is 1.61. The lowest BCUT2D eigenvalue weighted by Crippen LogP contribution is -1.94. The molecule has 3 nitrogen and oxygen atoms in total. The van der Waals surface area contributed by atoms with Crippen molar-refractivity contribution in [1.82, 2.24) is 5.16 Å². The molecule has 1 heterocycles. The fourth-order valence-corrected chi connectivity index (χ4v) is 2.73. The molecule has 0 radical (unpaired) electrons. The van der Waals surface area contributed by atoms with E-state index in [0.717, 1.165) is 11.3 Å². The predicted octanol–water partition coefficient (Wildman–Crippen LogP) is 5.47. The van der Waals surface area contributed by atoms with Gasteiger partial charge in [0.15, 0.2) is 0 Å². The fraction of sp³-hybridized carbons (Fsp3) is 0.312. The van der Waals surface area contributed by atoms with Crippen molar-refractivity contribution in [2.75, 3.05) is 7.11 Å². The van der Waals surface area contributed by atoms with Crippen LogP contribution in [0.5, 0.6) is 0 Å². The van der Waals surface area contributed by atoms with Gasteiger partial charge in [-0.2, -0.15) is 0 Å². The summed E-state index contributed by atoms with van der Waals surface area (Å²) in [4.78, 5) is 0. The first kappa shape index (κ1) is 15.9. The summed E-state index contributed by atoms with van der Waals surface area (Å²) in [5.74, 6) is 1.06. The summed E-state index contributed by atoms with van der Waals surface area (Å²) in [6.45, 7) is 4.12. The number of nitrogens with zero attached hydrogens (tertiary/aromatic N) is 1. The van der Waals surface area contributed by atoms with Gasteiger partial charge < -0.3 is 9.26 Å². The zero-order valence-electron chi connectivity index (χ0n) is 12.2. The van der Waals surface area contributed by atoms with Crippen molar-refractivity contribution in [1.29, 1.82) is 0 Å². The van der Waals surface area contributed by atoms with Crippen molar-refractivity contribution in [3.63, 3.8) is 0 Å². The zero-order chi connectivity index (χ0) is 15.4. The number of ether oxygens (including phenoxy) is 1. The number of aromatic nitrogens is 1. The minimum atomic E-state index is 0.221. The van der Waals surface area contributed by atoms with Crippen LogP contribution in [0.25, 0.3) is 11.3 Å². The van der Waals surface area contributed by atoms with E-state index in [-0.39, 0.29) is 5.92 Å². The lowest BCUT2D eigenvalue weighted by atomic mass is 9.98. The van der Waals surface area contributed by atoms with Gasteiger partial charge in [0.1, 0.15) is 11.5 Å². The Labute approximate surface area is 134 Å². The molecule has 0 atom stereocenters. The molecule has 0 saturated carbocycles. The molecule has 0 aliphatic heterocycles. The van der Waals surface area contributed by atoms with Gasteiger partial charge in [0, 0.05) is 17.0 Å². The van der Waals surface area contributed by atoms with Crippen LogP contribution < -0.4 is 0 Å². The van der Waals surface area contributed by atoms with Crippen molar-refractivity contribution in [2.45, 2.75) is 26.2 Å². The van der Waals surface area contributed by atoms with Gasteiger partial charge in [-0.25, -0.2) is 0 Å². The van der Waals surface area contributed by atoms with E-state index in [0.29, 0.717) is 27.7 Å². The van der Waals surface area contributed by atoms with Gasteiger partial charge in [-0.15, -0.1) is 0 Å². The lowest BCUT2D eigenvalue weighted by molar-refractivity contribution is 0.336. The van der Waals surface area contributed by atoms with Crippen LogP contribution >= 0.6 is 23.2 Å². The highest BCUT2D eigenvalue weighted by molar-refractivity contribution is 6.39. The van der Waals surface area contributed by atoms with Crippen molar-refractivity contribution in [3.05, 3.63) is 51.9 Å². The monoisotopic (exact) mass is 325 g/mol. The molecule has 1 aromatic heterocycles. The van der Waals surface area contributed by atoms with E-state index >= 15 is 0 Å². The van der Waals surface area contributed by atoms with E-state index in [2.05, 4.69) is 19.0 Å². The second-order valence-electron chi connectivity index (χ2n) is 4.94. The van der Waals surface area contributed by atoms with Gasteiger partial charge in [-0.05, 0) is 24.6 Å². The largest absolute Gasteiger partial charge is 0.505 e. The lowest BCUT2D eigenvalue weighted by Gasteiger charge is -2.07. The van der Waals surface area contributed by atoms with Crippen LogP contribution in [0.1, 0.15) is 31.1 Å². The van der Waals surface area contributed by atoms with Crippen molar-refractivity contribution in [2.24, 2.45) is 0 Å². The molecule has 0 saturated heterocycles. The summed E-state index contributed by atoms with van der Waals surface area (Å²) >= 11 is 12.6. The topological polar surface area (TPSA) is 35.3 Å². The van der Waals surface area contributed by atoms with Gasteiger partial charge in [0.2, 0.25) is 0 Å². The molecule has 2 rings (SSSR count). The van der Waals surface area contributed by atoms with Crippen LogP contribution in [0.2, 0.25) is 10.0 Å². The van der Waals surface area contributed by atoms with E-state index in [1.54, 1.807) is 25.5 Å². The highest BCUT2D eigenvalue weighted by Crippen LogP contribution is 2.38. The molecular weight excluding hydrogens is 309 g/mol. The van der Waals surface area contributed by atoms with E-state index < -0.39 is 0 Å². The number of hydrogen-bond donors (Lipinski definition) is 0. The first-order valence-corrected chi connectivity index (χ1v) is 7.42. The Kier molecular flexibility index (Phi) is 5.32. The summed E-state index contributed by atoms with van der Waals surface area (Å²) in [5.41, 5.74) is 2.38. The molecule has 1 aromatic carbocycles. The van der Waals surface area contributed by atoms with Crippen molar-refractivity contribution in [3.8, 4) is 11.3 Å². The first-order chi connectivity index (χ1) is 10.1. The smallest absolute Gasteiger partial charge is 0.143 e. The normalized spacial score (nSPS) is 11.5. The maximum Gasteiger partial charge on any atom is 0.143 e. The molecule has 112 valence electrons. The van der Waals surface area contributed by atoms with Crippen LogP contribution in [0, 0.1) is 0 Å². The minimum Gasteiger partial charge on any atom is -0.505 e. The Morgan fingerprint density at radius 3 is 2.52 bits per heavy atom. The second-order valence-corrected chi connectivity index (χ2v) is 5.75. The van der Waals surface area contributed by atoms with E-state index in [1.807, 2.05) is 12.1 Å². The molecule has 0 amide bonds. The average Bonchev–Trinajstić information content (AvgIpc) is 2.83. The molecule has 0 aliphatic carbocycles. The number of methoxy groups -OCH3 is 1. The van der Waals surface area contributed by atoms with Gasteiger partial charge >= 0.3 is 0 Å². The van der Waals surface area contributed by atoms with Crippen LogP contribution in [-0.4, -0.2) is 12.3 Å². The van der Waals surface area contributed by atoms with Gasteiger partial charge in [-0.1, -0.05) is 48.3 Å². The third-order valence-corrected chi connectivity index (χ3v) is 3.73. The molecule has 0 N–H and O–H groups in total. The minimum absolute atomic E-state index is 0.221. The number of hydrogen-bond acceptors (Lipinski definition) is 3. The maximum atomic E-state index is 6.28. The average molecular weight is 326 g/mol. The number of halogens is 2. The van der Waals surface area contributed by atoms with Crippen LogP contribution in [-0.2, 0) is 11.2 Å². The number of allylic oxidation sites excluding steroid dienone is 1. The molecule has 0 aliphatic rings. The van der Waals surface area contributed by atoms with Crippen molar-refractivity contribution < 1.29 is 9.26 Å². The highest BCUT2D eigenvalue weighted by atomic mass is 35.5. The van der Waals surface area contributed by atoms with E-state index in [4.69, 9.17) is 32.5 Å². The molecule has 21 heavy (non-hydrogen) atoms. The fourth-order valence-electron chi connectivity index (χ4n) is 2.16. The Morgan fingerprint density at radius 2 is 1.95 bits per heavy atom. The molecule has 0 fully saturated rings. The Balaban J connectivity index is 2.55. The SMILES string of the molecule is CO/C=C\Cc1c(-c2c(Cl)cccc2Cl)noc1C(C)C. The summed E-state index contributed by atoms with van der Waals surface area (Å²) in [6.07, 6.45) is 4.18. The third kappa shape index (κ3) is 3.42. The van der Waals surface area contributed by atoms with E-state index in [1.165, 1.54) is 0 Å². The van der Waals surface area contributed by atoms with Crippen molar-refractivity contribution >= 4 is 23.2 Å². The van der Waals surface area contributed by atoms with E-state index in [9.17, 15) is 0 Å². The second kappa shape index (κ2) is 7.01. The Hall–Kier alpha value is -1.45. The standard InChI is InChI=1S/C16H17Cl2NO2/c1-10(2)16-11(6-5-9-20-3)15(19-21-16)14-12(17)7-4-8-13(14)18/h4-5,7-10H,6H2,1-3H3/b9-5-. The zero-order valence-corrected chi connectivity index (χ0v) is 13.7. The molecule has 5 heteroatoms. The van der Waals surface area contributed by atoms with Gasteiger partial charge in [-0.3, -0.25) is 0 Å². The maximum absolute atomic E-state index is 6.28. The summed E-state index contributed by atoms with van der Waals surface area (Å²) in [5, 5.41) is 5.31. The number of rotatable bonds is 5. The highest BCUT2D eigenvalue weighted by Gasteiger charge is 2.22. The third-order valence-electron chi connectivity index (χ3n) is 3.10. The van der Waals surface area contributed by atoms with Gasteiger partial charge in [0.05, 0.1) is 23.4 Å². The molecule has 2 aromatic rings. The molecule has 0 spiro atoms. The first-order valence-electron chi connectivity index (χ1n) is 6.66. The predicted molar refractivity (Wildman–Crippen MR) is 85.9 cm³/mol. The molecule has 0 unspecified atom stereocenters. The van der Waals surface area contributed by atoms with Crippen LogP contribution in [0.3, 0.4) is 0 Å². The van der Waals surface area contributed by atoms with Crippen LogP contribution in [0.4, 0.5) is 0 Å². The number of benzene rings is 1. The van der Waals surface area contributed by atoms with Crippen LogP contribution in [0.15, 0.2) is 35.1 Å². The Bertz CT molecular complexity index is 627. The molecular formula is C16H17Cl2NO2. The summed E-state index contributed by atoms with van der Waals surface area (Å²) < 4.78 is 10.5. The Morgan fingerprint density at radius 1 is 1.29 bits per heavy atom. The quantitative estimate of drug-likeness (QED) is 0.683. The summed E-state index contributed by atoms with van der Waals surface area (Å²) in [6, 6.07) is 5.39. The molecule has 0 bridgehead atoms.